The molecule has 6 nitrogen and oxygen atoms in total. The summed E-state index contributed by atoms with van der Waals surface area (Å²) in [4.78, 5) is 26.9. The first-order valence-electron chi connectivity index (χ1n) is 12.4. The van der Waals surface area contributed by atoms with Gasteiger partial charge in [-0.3, -0.25) is 14.5 Å². The van der Waals surface area contributed by atoms with Crippen molar-refractivity contribution in [2.45, 2.75) is 55.5 Å². The fraction of sp³-hybridized carbons (Fsp3) is 0.481. The van der Waals surface area contributed by atoms with E-state index < -0.39 is 47.9 Å². The molecular formula is C27H31F4N3O3. The van der Waals surface area contributed by atoms with E-state index in [1.807, 2.05) is 30.3 Å². The zero-order valence-electron chi connectivity index (χ0n) is 20.4. The number of hydrogen-bond donors (Lipinski definition) is 3. The fourth-order valence-electron chi connectivity index (χ4n) is 5.38. The lowest BCUT2D eigenvalue weighted by Crippen LogP contribution is -2.55. The highest BCUT2D eigenvalue weighted by Gasteiger charge is 2.44. The van der Waals surface area contributed by atoms with Crippen molar-refractivity contribution < 1.29 is 32.3 Å². The number of halogens is 4. The molecule has 200 valence electrons. The molecule has 0 bridgehead atoms. The van der Waals surface area contributed by atoms with Crippen molar-refractivity contribution in [3.63, 3.8) is 0 Å². The monoisotopic (exact) mass is 521 g/mol. The standard InChI is InChI=1S/C27H31F4N3O3/c28-17-25(33-23(35)16-32-24(36)19-5-4-8-21(15-19)27(29,30)31)13-14-34(18-25)22-9-11-26(37,12-10-22)20-6-2-1-3-7-20/h1-8,15,22,37H,9-14,16-18H2,(H,32,36)(H,33,35). The summed E-state index contributed by atoms with van der Waals surface area (Å²) in [6.45, 7) is -0.359. The smallest absolute Gasteiger partial charge is 0.385 e. The predicted octanol–water partition coefficient (Wildman–Crippen LogP) is 3.80. The van der Waals surface area contributed by atoms with E-state index in [9.17, 15) is 32.3 Å². The molecule has 10 heteroatoms. The molecule has 1 saturated carbocycles. The quantitative estimate of drug-likeness (QED) is 0.485. The molecule has 1 atom stereocenters. The van der Waals surface area contributed by atoms with Gasteiger partial charge in [-0.15, -0.1) is 0 Å². The van der Waals surface area contributed by atoms with E-state index in [1.165, 1.54) is 6.07 Å². The van der Waals surface area contributed by atoms with Crippen LogP contribution in [0.4, 0.5) is 17.6 Å². The van der Waals surface area contributed by atoms with Crippen LogP contribution in [0.1, 0.15) is 53.6 Å². The van der Waals surface area contributed by atoms with Gasteiger partial charge in [0, 0.05) is 24.7 Å². The van der Waals surface area contributed by atoms with Crippen LogP contribution in [0.3, 0.4) is 0 Å². The Labute approximate surface area is 213 Å². The lowest BCUT2D eigenvalue weighted by atomic mass is 9.77. The Morgan fingerprint density at radius 3 is 2.38 bits per heavy atom. The zero-order chi connectivity index (χ0) is 26.7. The molecule has 1 heterocycles. The first-order chi connectivity index (χ1) is 17.5. The van der Waals surface area contributed by atoms with Crippen molar-refractivity contribution in [1.82, 2.24) is 15.5 Å². The van der Waals surface area contributed by atoms with Gasteiger partial charge >= 0.3 is 6.18 Å². The molecular weight excluding hydrogens is 490 g/mol. The van der Waals surface area contributed by atoms with Gasteiger partial charge in [0.25, 0.3) is 5.91 Å². The van der Waals surface area contributed by atoms with Crippen molar-refractivity contribution >= 4 is 11.8 Å². The molecule has 1 saturated heterocycles. The summed E-state index contributed by atoms with van der Waals surface area (Å²) < 4.78 is 52.8. The Morgan fingerprint density at radius 2 is 1.73 bits per heavy atom. The third-order valence-electron chi connectivity index (χ3n) is 7.52. The van der Waals surface area contributed by atoms with Gasteiger partial charge in [-0.05, 0) is 55.9 Å². The Hall–Kier alpha value is -2.98. The van der Waals surface area contributed by atoms with E-state index in [2.05, 4.69) is 15.5 Å². The normalized spacial score (nSPS) is 26.6. The molecule has 2 fully saturated rings. The highest BCUT2D eigenvalue weighted by atomic mass is 19.4. The number of hydrogen-bond acceptors (Lipinski definition) is 4. The molecule has 1 unspecified atom stereocenters. The maximum Gasteiger partial charge on any atom is 0.416 e. The predicted molar refractivity (Wildman–Crippen MR) is 129 cm³/mol. The van der Waals surface area contributed by atoms with Crippen LogP contribution >= 0.6 is 0 Å². The summed E-state index contributed by atoms with van der Waals surface area (Å²) in [5.74, 6) is -1.43. The SMILES string of the molecule is O=C(CNC(=O)c1cccc(C(F)(F)F)c1)NC1(CF)CCN(C2CCC(O)(c3ccccc3)CC2)C1. The Balaban J connectivity index is 1.28. The lowest BCUT2D eigenvalue weighted by Gasteiger charge is -2.40. The molecule has 2 aromatic rings. The second kappa shape index (κ2) is 10.8. The molecule has 37 heavy (non-hydrogen) atoms. The minimum Gasteiger partial charge on any atom is -0.385 e. The van der Waals surface area contributed by atoms with Crippen molar-refractivity contribution in [1.29, 1.82) is 0 Å². The average molecular weight is 522 g/mol. The number of rotatable bonds is 7. The fourth-order valence-corrected chi connectivity index (χ4v) is 5.38. The third-order valence-corrected chi connectivity index (χ3v) is 7.52. The van der Waals surface area contributed by atoms with Crippen LogP contribution < -0.4 is 10.6 Å². The van der Waals surface area contributed by atoms with E-state index in [0.29, 0.717) is 38.4 Å². The Kier molecular flexibility index (Phi) is 7.89. The second-order valence-electron chi connectivity index (χ2n) is 10.1. The average Bonchev–Trinajstić information content (AvgIpc) is 3.32. The summed E-state index contributed by atoms with van der Waals surface area (Å²) in [5, 5.41) is 16.1. The molecule has 0 radical (unpaired) electrons. The molecule has 0 spiro atoms. The van der Waals surface area contributed by atoms with Gasteiger partial charge in [-0.2, -0.15) is 13.2 Å². The number of alkyl halides is 4. The van der Waals surface area contributed by atoms with E-state index in [0.717, 1.165) is 30.5 Å². The summed E-state index contributed by atoms with van der Waals surface area (Å²) >= 11 is 0. The van der Waals surface area contributed by atoms with Gasteiger partial charge in [-0.25, -0.2) is 4.39 Å². The van der Waals surface area contributed by atoms with Crippen LogP contribution in [0.5, 0.6) is 0 Å². The summed E-state index contributed by atoms with van der Waals surface area (Å²) in [6.07, 6.45) is -1.52. The van der Waals surface area contributed by atoms with Gasteiger partial charge < -0.3 is 15.7 Å². The largest absolute Gasteiger partial charge is 0.416 e. The van der Waals surface area contributed by atoms with Gasteiger partial charge in [0.15, 0.2) is 0 Å². The van der Waals surface area contributed by atoms with E-state index in [1.54, 1.807) is 0 Å². The summed E-state index contributed by atoms with van der Waals surface area (Å²) in [6, 6.07) is 13.6. The van der Waals surface area contributed by atoms with E-state index in [4.69, 9.17) is 0 Å². The molecule has 2 aromatic carbocycles. The Bertz CT molecular complexity index is 1100. The number of carbonyl (C=O) groups excluding carboxylic acids is 2. The molecule has 4 rings (SSSR count). The van der Waals surface area contributed by atoms with Crippen molar-refractivity contribution in [3.05, 3.63) is 71.3 Å². The lowest BCUT2D eigenvalue weighted by molar-refractivity contribution is -0.137. The molecule has 0 aromatic heterocycles. The highest BCUT2D eigenvalue weighted by molar-refractivity contribution is 5.96. The number of nitrogens with zero attached hydrogens (tertiary/aromatic N) is 1. The number of likely N-dealkylation sites (tertiary alicyclic amines) is 1. The van der Waals surface area contributed by atoms with Gasteiger partial charge in [-0.1, -0.05) is 36.4 Å². The maximum absolute atomic E-state index is 14.1. The molecule has 1 aliphatic carbocycles. The van der Waals surface area contributed by atoms with Gasteiger partial charge in [0.2, 0.25) is 5.91 Å². The zero-order valence-corrected chi connectivity index (χ0v) is 20.4. The molecule has 2 amide bonds. The number of amides is 2. The van der Waals surface area contributed by atoms with Crippen LogP contribution in [0.15, 0.2) is 54.6 Å². The third kappa shape index (κ3) is 6.30. The Morgan fingerprint density at radius 1 is 1.03 bits per heavy atom. The number of nitrogens with one attached hydrogen (secondary N) is 2. The van der Waals surface area contributed by atoms with Crippen LogP contribution in [0.25, 0.3) is 0 Å². The van der Waals surface area contributed by atoms with Crippen molar-refractivity contribution in [2.75, 3.05) is 26.3 Å². The van der Waals surface area contributed by atoms with Crippen LogP contribution in [0.2, 0.25) is 0 Å². The van der Waals surface area contributed by atoms with Crippen LogP contribution in [-0.4, -0.2) is 59.7 Å². The maximum atomic E-state index is 14.1. The molecule has 3 N–H and O–H groups in total. The van der Waals surface area contributed by atoms with Crippen LogP contribution in [0, 0.1) is 0 Å². The number of carbonyl (C=O) groups is 2. The minimum absolute atomic E-state index is 0.162. The minimum atomic E-state index is -4.59. The summed E-state index contributed by atoms with van der Waals surface area (Å²) in [5.41, 5.74) is -2.25. The van der Waals surface area contributed by atoms with Crippen molar-refractivity contribution in [3.8, 4) is 0 Å². The topological polar surface area (TPSA) is 81.7 Å². The first kappa shape index (κ1) is 27.1. The molecule has 2 aliphatic rings. The number of benzene rings is 2. The van der Waals surface area contributed by atoms with Crippen LogP contribution in [-0.2, 0) is 16.6 Å². The second-order valence-corrected chi connectivity index (χ2v) is 10.1. The summed E-state index contributed by atoms with van der Waals surface area (Å²) in [7, 11) is 0. The van der Waals surface area contributed by atoms with Gasteiger partial charge in [0.1, 0.15) is 6.67 Å². The van der Waals surface area contributed by atoms with E-state index >= 15 is 0 Å². The van der Waals surface area contributed by atoms with Crippen molar-refractivity contribution in [2.24, 2.45) is 0 Å². The number of aliphatic hydroxyl groups is 1. The highest BCUT2D eigenvalue weighted by Crippen LogP contribution is 2.40. The first-order valence-corrected chi connectivity index (χ1v) is 12.4. The van der Waals surface area contributed by atoms with Gasteiger partial charge in [0.05, 0.1) is 23.2 Å². The van der Waals surface area contributed by atoms with E-state index in [-0.39, 0.29) is 11.6 Å². The molecule has 1 aliphatic heterocycles.